The molecule has 1 N–H and O–H groups in total. The molecule has 0 bridgehead atoms. The van der Waals surface area contributed by atoms with Crippen LogP contribution in [0, 0.1) is 0 Å². The minimum Gasteiger partial charge on any atom is -0.347 e. The molecule has 0 atom stereocenters. The van der Waals surface area contributed by atoms with Crippen molar-refractivity contribution < 1.29 is 4.79 Å². The Bertz CT molecular complexity index is 335. The van der Waals surface area contributed by atoms with Crippen LogP contribution in [0.5, 0.6) is 0 Å². The maximum atomic E-state index is 11.7. The van der Waals surface area contributed by atoms with E-state index in [1.807, 2.05) is 26.8 Å². The normalized spacial score (nSPS) is 11.5. The zero-order valence-electron chi connectivity index (χ0n) is 8.15. The fourth-order valence-electron chi connectivity index (χ4n) is 0.861. The molecule has 1 amide bonds. The van der Waals surface area contributed by atoms with Crippen molar-refractivity contribution in [1.29, 1.82) is 0 Å². The van der Waals surface area contributed by atoms with E-state index in [9.17, 15) is 4.79 Å². The Kier molecular flexibility index (Phi) is 3.77. The summed E-state index contributed by atoms with van der Waals surface area (Å²) in [4.78, 5) is 12.4. The van der Waals surface area contributed by atoms with Crippen molar-refractivity contribution in [1.82, 2.24) is 5.32 Å². The van der Waals surface area contributed by atoms with Crippen molar-refractivity contribution in [3.05, 3.63) is 19.2 Å². The third-order valence-electron chi connectivity index (χ3n) is 1.36. The van der Waals surface area contributed by atoms with Gasteiger partial charge in [0.15, 0.2) is 0 Å². The lowest BCUT2D eigenvalue weighted by Gasteiger charge is -2.19. The maximum Gasteiger partial charge on any atom is 0.261 e. The van der Waals surface area contributed by atoms with Gasteiger partial charge >= 0.3 is 0 Å². The molecule has 0 saturated heterocycles. The van der Waals surface area contributed by atoms with E-state index < -0.39 is 0 Å². The van der Waals surface area contributed by atoms with Crippen LogP contribution in [0.2, 0.25) is 0 Å². The van der Waals surface area contributed by atoms with Gasteiger partial charge in [0, 0.05) is 10.0 Å². The van der Waals surface area contributed by atoms with Gasteiger partial charge in [-0.1, -0.05) is 0 Å². The van der Waals surface area contributed by atoms with Crippen molar-refractivity contribution in [2.75, 3.05) is 0 Å². The van der Waals surface area contributed by atoms with Gasteiger partial charge in [-0.2, -0.15) is 0 Å². The first kappa shape index (κ1) is 12.2. The Hall–Kier alpha value is 0.130. The fourth-order valence-corrected chi connectivity index (χ4v) is 2.79. The summed E-state index contributed by atoms with van der Waals surface area (Å²) in [6.07, 6.45) is 0. The minimum absolute atomic E-state index is 0.0334. The van der Waals surface area contributed by atoms with Crippen LogP contribution in [-0.2, 0) is 0 Å². The van der Waals surface area contributed by atoms with Gasteiger partial charge in [0.05, 0.1) is 8.66 Å². The highest BCUT2D eigenvalue weighted by atomic mass is 79.9. The number of thiophene rings is 1. The fraction of sp³-hybridized carbons (Fsp3) is 0.444. The number of carbonyl (C=O) groups is 1. The van der Waals surface area contributed by atoms with E-state index in [4.69, 9.17) is 0 Å². The molecule has 2 nitrogen and oxygen atoms in total. The zero-order valence-corrected chi connectivity index (χ0v) is 12.1. The summed E-state index contributed by atoms with van der Waals surface area (Å²) in [6.45, 7) is 5.88. The lowest BCUT2D eigenvalue weighted by Crippen LogP contribution is -2.40. The highest BCUT2D eigenvalue weighted by molar-refractivity contribution is 9.13. The first-order valence-corrected chi connectivity index (χ1v) is 6.47. The summed E-state index contributed by atoms with van der Waals surface area (Å²) in [6, 6.07) is 1.82. The van der Waals surface area contributed by atoms with Crippen LogP contribution >= 0.6 is 43.2 Å². The molecule has 0 aliphatic carbocycles. The van der Waals surface area contributed by atoms with Gasteiger partial charge in [-0.05, 0) is 58.7 Å². The van der Waals surface area contributed by atoms with Gasteiger partial charge in [0.25, 0.3) is 5.91 Å². The molecule has 5 heteroatoms. The number of hydrogen-bond donors (Lipinski definition) is 1. The number of hydrogen-bond acceptors (Lipinski definition) is 2. The summed E-state index contributed by atoms with van der Waals surface area (Å²) in [5, 5.41) is 2.91. The molecular formula is C9H11Br2NOS. The number of rotatable bonds is 1. The summed E-state index contributed by atoms with van der Waals surface area (Å²) in [5.41, 5.74) is -0.194. The number of halogens is 2. The van der Waals surface area contributed by atoms with Crippen LogP contribution in [0.1, 0.15) is 30.4 Å². The lowest BCUT2D eigenvalue weighted by atomic mass is 10.1. The van der Waals surface area contributed by atoms with Crippen molar-refractivity contribution >= 4 is 49.1 Å². The molecule has 0 aromatic carbocycles. The lowest BCUT2D eigenvalue weighted by molar-refractivity contribution is 0.0923. The molecule has 1 aromatic heterocycles. The van der Waals surface area contributed by atoms with Crippen LogP contribution in [0.4, 0.5) is 0 Å². The van der Waals surface area contributed by atoms with Gasteiger partial charge in [0.1, 0.15) is 0 Å². The average molecular weight is 341 g/mol. The van der Waals surface area contributed by atoms with Crippen molar-refractivity contribution in [2.45, 2.75) is 26.3 Å². The molecule has 1 heterocycles. The van der Waals surface area contributed by atoms with Gasteiger partial charge in [-0.3, -0.25) is 4.79 Å². The summed E-state index contributed by atoms with van der Waals surface area (Å²) in [5.74, 6) is -0.0334. The van der Waals surface area contributed by atoms with Gasteiger partial charge in [0.2, 0.25) is 0 Å². The zero-order chi connectivity index (χ0) is 10.9. The SMILES string of the molecule is CC(C)(C)NC(=O)c1cc(Br)c(Br)s1. The van der Waals surface area contributed by atoms with Gasteiger partial charge < -0.3 is 5.32 Å². The largest absolute Gasteiger partial charge is 0.347 e. The Morgan fingerprint density at radius 1 is 1.43 bits per heavy atom. The number of amides is 1. The smallest absolute Gasteiger partial charge is 0.261 e. The van der Waals surface area contributed by atoms with Crippen LogP contribution in [-0.4, -0.2) is 11.4 Å². The Morgan fingerprint density at radius 2 is 2.00 bits per heavy atom. The van der Waals surface area contributed by atoms with Crippen LogP contribution < -0.4 is 5.32 Å². The predicted molar refractivity (Wildman–Crippen MR) is 66.9 cm³/mol. The second-order valence-corrected chi connectivity index (χ2v) is 7.16. The van der Waals surface area contributed by atoms with E-state index in [1.165, 1.54) is 11.3 Å². The van der Waals surface area contributed by atoms with E-state index >= 15 is 0 Å². The van der Waals surface area contributed by atoms with Gasteiger partial charge in [-0.25, -0.2) is 0 Å². The van der Waals surface area contributed by atoms with Crippen LogP contribution in [0.15, 0.2) is 14.3 Å². The quantitative estimate of drug-likeness (QED) is 0.827. The number of nitrogens with one attached hydrogen (secondary N) is 1. The van der Waals surface area contributed by atoms with E-state index in [2.05, 4.69) is 37.2 Å². The third kappa shape index (κ3) is 3.37. The van der Waals surface area contributed by atoms with E-state index in [1.54, 1.807) is 0 Å². The molecule has 0 aliphatic rings. The molecule has 14 heavy (non-hydrogen) atoms. The maximum absolute atomic E-state index is 11.7. The van der Waals surface area contributed by atoms with Crippen molar-refractivity contribution in [3.8, 4) is 0 Å². The highest BCUT2D eigenvalue weighted by Crippen LogP contribution is 2.32. The summed E-state index contributed by atoms with van der Waals surface area (Å²) in [7, 11) is 0. The predicted octanol–water partition coefficient (Wildman–Crippen LogP) is 3.80. The van der Waals surface area contributed by atoms with Crippen molar-refractivity contribution in [3.63, 3.8) is 0 Å². The molecule has 0 aliphatic heterocycles. The Balaban J connectivity index is 2.80. The second-order valence-electron chi connectivity index (χ2n) is 3.94. The molecule has 1 aromatic rings. The number of carbonyl (C=O) groups excluding carboxylic acids is 1. The Morgan fingerprint density at radius 3 is 2.36 bits per heavy atom. The summed E-state index contributed by atoms with van der Waals surface area (Å²) < 4.78 is 1.86. The van der Waals surface area contributed by atoms with E-state index in [0.29, 0.717) is 4.88 Å². The molecule has 78 valence electrons. The molecule has 0 spiro atoms. The first-order valence-electron chi connectivity index (χ1n) is 4.07. The van der Waals surface area contributed by atoms with E-state index in [0.717, 1.165) is 8.26 Å². The molecule has 0 unspecified atom stereocenters. The monoisotopic (exact) mass is 339 g/mol. The Labute approximate surface area is 104 Å². The van der Waals surface area contributed by atoms with Crippen molar-refractivity contribution in [2.24, 2.45) is 0 Å². The second kappa shape index (κ2) is 4.33. The third-order valence-corrected chi connectivity index (χ3v) is 4.61. The van der Waals surface area contributed by atoms with Gasteiger partial charge in [-0.15, -0.1) is 11.3 Å². The average Bonchev–Trinajstić information content (AvgIpc) is 2.28. The molecule has 0 radical (unpaired) electrons. The van der Waals surface area contributed by atoms with E-state index in [-0.39, 0.29) is 11.4 Å². The summed E-state index contributed by atoms with van der Waals surface area (Å²) >= 11 is 8.12. The van der Waals surface area contributed by atoms with Crippen LogP contribution in [0.25, 0.3) is 0 Å². The minimum atomic E-state index is -0.194. The first-order chi connectivity index (χ1) is 6.29. The molecule has 0 saturated carbocycles. The van der Waals surface area contributed by atoms with Crippen LogP contribution in [0.3, 0.4) is 0 Å². The molecule has 1 rings (SSSR count). The highest BCUT2D eigenvalue weighted by Gasteiger charge is 2.17. The molecule has 0 fully saturated rings. The molecular weight excluding hydrogens is 330 g/mol. The standard InChI is InChI=1S/C9H11Br2NOS/c1-9(2,3)12-8(13)6-4-5(10)7(11)14-6/h4H,1-3H3,(H,12,13). The topological polar surface area (TPSA) is 29.1 Å².